The zero-order valence-electron chi connectivity index (χ0n) is 20.0. The Morgan fingerprint density at radius 2 is 1.86 bits per heavy atom. The topological polar surface area (TPSA) is 142 Å². The molecule has 0 saturated carbocycles. The molecule has 1 amide bonds. The van der Waals surface area contributed by atoms with Crippen LogP contribution in [0.5, 0.6) is 0 Å². The van der Waals surface area contributed by atoms with Gasteiger partial charge in [0, 0.05) is 11.1 Å². The van der Waals surface area contributed by atoms with Crippen molar-refractivity contribution in [2.45, 2.75) is 19.9 Å². The molecule has 0 aliphatic heterocycles. The van der Waals surface area contributed by atoms with Gasteiger partial charge in [-0.3, -0.25) is 9.59 Å². The van der Waals surface area contributed by atoms with E-state index in [0.29, 0.717) is 11.1 Å². The van der Waals surface area contributed by atoms with Crippen molar-refractivity contribution in [1.29, 1.82) is 5.26 Å². The third-order valence-electron chi connectivity index (χ3n) is 5.51. The van der Waals surface area contributed by atoms with Crippen molar-refractivity contribution < 1.29 is 17.6 Å². The van der Waals surface area contributed by atoms with Crippen LogP contribution in [0.2, 0.25) is 5.15 Å². The number of hydrogen-bond acceptors (Lipinski definition) is 8. The molecule has 37 heavy (non-hydrogen) atoms. The Balaban J connectivity index is 1.86. The molecule has 0 spiro atoms. The number of amides is 1. The van der Waals surface area contributed by atoms with Crippen LogP contribution in [-0.4, -0.2) is 25.6 Å². The fourth-order valence-corrected chi connectivity index (χ4v) is 4.52. The maximum atomic E-state index is 13.3. The summed E-state index contributed by atoms with van der Waals surface area (Å²) in [6.45, 7) is 3.59. The number of nitrogens with zero attached hydrogens (tertiary/aromatic N) is 2. The number of nitriles is 1. The monoisotopic (exact) mass is 536 g/mol. The first-order valence-electron chi connectivity index (χ1n) is 11.0. The van der Waals surface area contributed by atoms with Crippen molar-refractivity contribution in [3.05, 3.63) is 92.4 Å². The molecule has 11 heteroatoms. The Bertz CT molecular complexity index is 1750. The number of fused-ring (bicyclic) bond motifs is 1. The Morgan fingerprint density at radius 3 is 2.51 bits per heavy atom. The van der Waals surface area contributed by atoms with Gasteiger partial charge in [0.1, 0.15) is 22.4 Å². The number of sulfonamides is 1. The summed E-state index contributed by atoms with van der Waals surface area (Å²) < 4.78 is 31.3. The molecular weight excluding hydrogens is 516 g/mol. The molecule has 188 valence electrons. The van der Waals surface area contributed by atoms with E-state index in [4.69, 9.17) is 16.0 Å². The zero-order valence-corrected chi connectivity index (χ0v) is 21.6. The molecule has 2 N–H and O–H groups in total. The summed E-state index contributed by atoms with van der Waals surface area (Å²) in [7, 11) is -3.85. The fourth-order valence-electron chi connectivity index (χ4n) is 3.94. The molecular formula is C26H21ClN4O5S. The number of aryl methyl sites for hydroxylation is 1. The van der Waals surface area contributed by atoms with Crippen LogP contribution in [0.4, 0.5) is 5.69 Å². The van der Waals surface area contributed by atoms with E-state index < -0.39 is 27.4 Å². The van der Waals surface area contributed by atoms with Gasteiger partial charge in [0.15, 0.2) is 11.5 Å². The predicted molar refractivity (Wildman–Crippen MR) is 141 cm³/mol. The van der Waals surface area contributed by atoms with Gasteiger partial charge in [-0.25, -0.2) is 18.1 Å². The van der Waals surface area contributed by atoms with Crippen LogP contribution in [0.15, 0.2) is 63.8 Å². The van der Waals surface area contributed by atoms with Gasteiger partial charge in [-0.05, 0) is 37.6 Å². The molecule has 0 bridgehead atoms. The lowest BCUT2D eigenvalue weighted by molar-refractivity contribution is 0.0977. The number of benzene rings is 2. The first-order chi connectivity index (χ1) is 17.5. The fraction of sp³-hybridized carbons (Fsp3) is 0.154. The highest BCUT2D eigenvalue weighted by Crippen LogP contribution is 2.32. The van der Waals surface area contributed by atoms with Gasteiger partial charge in [-0.15, -0.1) is 0 Å². The van der Waals surface area contributed by atoms with Gasteiger partial charge in [-0.1, -0.05) is 48.0 Å². The van der Waals surface area contributed by atoms with Crippen LogP contribution in [0.25, 0.3) is 22.3 Å². The van der Waals surface area contributed by atoms with Gasteiger partial charge in [0.25, 0.3) is 5.91 Å². The summed E-state index contributed by atoms with van der Waals surface area (Å²) in [4.78, 5) is 29.9. The summed E-state index contributed by atoms with van der Waals surface area (Å²) in [5.41, 5.74) is 1.62. The predicted octanol–water partition coefficient (Wildman–Crippen LogP) is 4.55. The van der Waals surface area contributed by atoms with Gasteiger partial charge < -0.3 is 9.73 Å². The van der Waals surface area contributed by atoms with Crippen molar-refractivity contribution in [1.82, 2.24) is 9.71 Å². The smallest absolute Gasteiger partial charge is 0.285 e. The van der Waals surface area contributed by atoms with E-state index in [2.05, 4.69) is 10.3 Å². The van der Waals surface area contributed by atoms with Gasteiger partial charge >= 0.3 is 0 Å². The van der Waals surface area contributed by atoms with Crippen molar-refractivity contribution in [2.75, 3.05) is 11.6 Å². The molecule has 9 nitrogen and oxygen atoms in total. The van der Waals surface area contributed by atoms with E-state index >= 15 is 0 Å². The van der Waals surface area contributed by atoms with Crippen LogP contribution in [0.1, 0.15) is 40.1 Å². The SMILES string of the molecule is Cc1cc([C@@H](C)Nc2ccc(Cl)nc2C(=O)NS(C)(=O)=O)c2oc(-c3ccccc3)c(C#N)c(=O)c2c1. The second-order valence-corrected chi connectivity index (χ2v) is 10.6. The molecule has 0 saturated heterocycles. The van der Waals surface area contributed by atoms with Gasteiger partial charge in [-0.2, -0.15) is 5.26 Å². The van der Waals surface area contributed by atoms with E-state index in [0.717, 1.165) is 11.8 Å². The maximum absolute atomic E-state index is 13.3. The summed E-state index contributed by atoms with van der Waals surface area (Å²) in [5, 5.41) is 13.1. The number of nitrogens with one attached hydrogen (secondary N) is 2. The Labute approximate surface area is 217 Å². The van der Waals surface area contributed by atoms with E-state index in [1.807, 2.05) is 22.9 Å². The third kappa shape index (κ3) is 5.48. The molecule has 2 aromatic heterocycles. The Morgan fingerprint density at radius 1 is 1.16 bits per heavy atom. The minimum absolute atomic E-state index is 0.000363. The largest absolute Gasteiger partial charge is 0.454 e. The van der Waals surface area contributed by atoms with Crippen molar-refractivity contribution in [2.24, 2.45) is 0 Å². The molecule has 0 fully saturated rings. The number of carbonyl (C=O) groups excluding carboxylic acids is 1. The van der Waals surface area contributed by atoms with Crippen LogP contribution in [-0.2, 0) is 10.0 Å². The maximum Gasteiger partial charge on any atom is 0.285 e. The minimum Gasteiger partial charge on any atom is -0.454 e. The molecule has 0 radical (unpaired) electrons. The van der Waals surface area contributed by atoms with Gasteiger partial charge in [0.05, 0.1) is 23.4 Å². The Kier molecular flexibility index (Phi) is 7.03. The number of hydrogen-bond donors (Lipinski definition) is 2. The number of rotatable bonds is 6. The summed E-state index contributed by atoms with van der Waals surface area (Å²) in [5.74, 6) is -0.801. The highest BCUT2D eigenvalue weighted by atomic mass is 35.5. The molecule has 0 aliphatic carbocycles. The standard InChI is InChI=1S/C26H21ClN4O5S/c1-14-11-17(15(2)29-20-9-10-21(27)30-22(20)26(33)31-37(3,34)35)25-18(12-14)23(32)19(13-28)24(36-25)16-7-5-4-6-8-16/h4-12,15,29H,1-3H3,(H,31,33)/t15-/m1/s1. The first-order valence-corrected chi connectivity index (χ1v) is 13.3. The average molecular weight is 537 g/mol. The second kappa shape index (κ2) is 10.0. The number of anilines is 1. The van der Waals surface area contributed by atoms with Crippen molar-refractivity contribution >= 4 is 44.2 Å². The normalized spacial score (nSPS) is 12.1. The number of aromatic nitrogens is 1. The quantitative estimate of drug-likeness (QED) is 0.342. The highest BCUT2D eigenvalue weighted by molar-refractivity contribution is 7.89. The Hall–Kier alpha value is -4.20. The average Bonchev–Trinajstić information content (AvgIpc) is 2.84. The van der Waals surface area contributed by atoms with E-state index in [-0.39, 0.29) is 38.8 Å². The van der Waals surface area contributed by atoms with Gasteiger partial charge in [0.2, 0.25) is 15.5 Å². The summed E-state index contributed by atoms with van der Waals surface area (Å²) >= 11 is 5.96. The number of halogens is 1. The molecule has 1 atom stereocenters. The minimum atomic E-state index is -3.85. The van der Waals surface area contributed by atoms with Crippen LogP contribution < -0.4 is 15.5 Å². The van der Waals surface area contributed by atoms with Crippen molar-refractivity contribution in [3.63, 3.8) is 0 Å². The van der Waals surface area contributed by atoms with Crippen molar-refractivity contribution in [3.8, 4) is 17.4 Å². The molecule has 0 aliphatic rings. The molecule has 0 unspecified atom stereocenters. The summed E-state index contributed by atoms with van der Waals surface area (Å²) in [6, 6.07) is 16.7. The molecule has 2 aromatic carbocycles. The van der Waals surface area contributed by atoms with Crippen LogP contribution in [0.3, 0.4) is 0 Å². The molecule has 4 rings (SSSR count). The summed E-state index contributed by atoms with van der Waals surface area (Å²) in [6.07, 6.45) is 0.853. The second-order valence-electron chi connectivity index (χ2n) is 8.44. The molecule has 4 aromatic rings. The first kappa shape index (κ1) is 25.9. The number of pyridine rings is 1. The lowest BCUT2D eigenvalue weighted by Crippen LogP contribution is -2.31. The van der Waals surface area contributed by atoms with E-state index in [9.17, 15) is 23.3 Å². The lowest BCUT2D eigenvalue weighted by Gasteiger charge is -2.20. The van der Waals surface area contributed by atoms with E-state index in [1.165, 1.54) is 12.1 Å². The zero-order chi connectivity index (χ0) is 26.9. The third-order valence-corrected chi connectivity index (χ3v) is 6.27. The molecule has 2 heterocycles. The van der Waals surface area contributed by atoms with Crippen LogP contribution in [0, 0.1) is 18.3 Å². The van der Waals surface area contributed by atoms with E-state index in [1.54, 1.807) is 44.2 Å². The highest BCUT2D eigenvalue weighted by Gasteiger charge is 2.23. The van der Waals surface area contributed by atoms with Crippen LogP contribution >= 0.6 is 11.6 Å². The lowest BCUT2D eigenvalue weighted by atomic mass is 9.98. The number of carbonyl (C=O) groups is 1.